The van der Waals surface area contributed by atoms with Crippen molar-refractivity contribution in [2.24, 2.45) is 13.0 Å². The molecule has 0 radical (unpaired) electrons. The van der Waals surface area contributed by atoms with E-state index in [-0.39, 0.29) is 11.7 Å². The largest absolute Gasteiger partial charge is 0.385 e. The lowest BCUT2D eigenvalue weighted by atomic mass is 9.98. The van der Waals surface area contributed by atoms with Crippen LogP contribution in [0.25, 0.3) is 10.9 Å². The van der Waals surface area contributed by atoms with Gasteiger partial charge in [-0.1, -0.05) is 32.0 Å². The van der Waals surface area contributed by atoms with E-state index in [1.165, 1.54) is 0 Å². The number of aliphatic hydroxyl groups is 1. The summed E-state index contributed by atoms with van der Waals surface area (Å²) in [6.07, 6.45) is 1.93. The average Bonchev–Trinajstić information content (AvgIpc) is 2.66. The van der Waals surface area contributed by atoms with E-state index < -0.39 is 6.10 Å². The first-order chi connectivity index (χ1) is 8.99. The van der Waals surface area contributed by atoms with Crippen molar-refractivity contribution >= 4 is 16.7 Å². The van der Waals surface area contributed by atoms with Gasteiger partial charge in [0.05, 0.1) is 0 Å². The van der Waals surface area contributed by atoms with Crippen molar-refractivity contribution in [3.8, 4) is 0 Å². The van der Waals surface area contributed by atoms with Crippen LogP contribution in [0.4, 0.5) is 0 Å². The monoisotopic (exact) mass is 259 g/mol. The summed E-state index contributed by atoms with van der Waals surface area (Å²) >= 11 is 0. The maximum atomic E-state index is 11.8. The van der Waals surface area contributed by atoms with Crippen molar-refractivity contribution in [2.45, 2.75) is 32.8 Å². The second-order valence-corrected chi connectivity index (χ2v) is 5.57. The van der Waals surface area contributed by atoms with Gasteiger partial charge in [0.15, 0.2) is 5.78 Å². The zero-order valence-electron chi connectivity index (χ0n) is 11.8. The number of nitrogens with zero attached hydrogens (tertiary/aromatic N) is 1. The minimum Gasteiger partial charge on any atom is -0.385 e. The van der Waals surface area contributed by atoms with Gasteiger partial charge in [-0.2, -0.15) is 0 Å². The van der Waals surface area contributed by atoms with E-state index in [0.717, 1.165) is 16.5 Å². The van der Waals surface area contributed by atoms with Gasteiger partial charge in [0, 0.05) is 37.0 Å². The Morgan fingerprint density at radius 1 is 1.32 bits per heavy atom. The molecule has 0 amide bonds. The number of aryl methyl sites for hydroxylation is 1. The Hall–Kier alpha value is -1.61. The number of hydrogen-bond donors (Lipinski definition) is 1. The molecule has 1 aromatic carbocycles. The molecule has 102 valence electrons. The molecule has 1 N–H and O–H groups in total. The van der Waals surface area contributed by atoms with E-state index in [0.29, 0.717) is 12.8 Å². The van der Waals surface area contributed by atoms with E-state index in [1.54, 1.807) is 0 Å². The highest BCUT2D eigenvalue weighted by Crippen LogP contribution is 2.22. The fraction of sp³-hybridized carbons (Fsp3) is 0.438. The minimum atomic E-state index is -0.895. The van der Waals surface area contributed by atoms with Gasteiger partial charge in [-0.05, 0) is 17.5 Å². The first-order valence-electron chi connectivity index (χ1n) is 6.72. The van der Waals surface area contributed by atoms with Gasteiger partial charge in [-0.3, -0.25) is 4.79 Å². The number of fused-ring (bicyclic) bond motifs is 1. The van der Waals surface area contributed by atoms with Crippen molar-refractivity contribution in [1.82, 2.24) is 4.57 Å². The summed E-state index contributed by atoms with van der Waals surface area (Å²) in [4.78, 5) is 11.8. The third kappa shape index (κ3) is 3.04. The van der Waals surface area contributed by atoms with Crippen molar-refractivity contribution in [2.75, 3.05) is 0 Å². The summed E-state index contributed by atoms with van der Waals surface area (Å²) in [7, 11) is 1.98. The van der Waals surface area contributed by atoms with Crippen LogP contribution in [-0.2, 0) is 18.3 Å². The molecule has 0 aliphatic carbocycles. The highest BCUT2D eigenvalue weighted by atomic mass is 16.3. The Kier molecular flexibility index (Phi) is 4.05. The van der Waals surface area contributed by atoms with Gasteiger partial charge in [0.25, 0.3) is 0 Å². The summed E-state index contributed by atoms with van der Waals surface area (Å²) in [6, 6.07) is 8.05. The molecule has 1 heterocycles. The van der Waals surface area contributed by atoms with Crippen LogP contribution in [0.15, 0.2) is 30.5 Å². The molecule has 0 aliphatic rings. The predicted octanol–water partition coefficient (Wildman–Crippen LogP) is 2.70. The van der Waals surface area contributed by atoms with Crippen molar-refractivity contribution < 1.29 is 9.90 Å². The number of carbonyl (C=O) groups excluding carboxylic acids is 1. The Labute approximate surface area is 113 Å². The Morgan fingerprint density at radius 2 is 2.00 bits per heavy atom. The quantitative estimate of drug-likeness (QED) is 0.897. The minimum absolute atomic E-state index is 0.0667. The predicted molar refractivity (Wildman–Crippen MR) is 77.1 cm³/mol. The van der Waals surface area contributed by atoms with E-state index in [9.17, 15) is 9.90 Å². The number of benzene rings is 1. The number of aliphatic hydroxyl groups excluding tert-OH is 1. The third-order valence-corrected chi connectivity index (χ3v) is 3.37. The van der Waals surface area contributed by atoms with E-state index in [2.05, 4.69) is 0 Å². The first kappa shape index (κ1) is 13.8. The number of Topliss-reactive ketones (excluding diaryl/α,β-unsaturated/α-hetero) is 1. The van der Waals surface area contributed by atoms with Crippen LogP contribution in [0.5, 0.6) is 0 Å². The van der Waals surface area contributed by atoms with Crippen LogP contribution in [0, 0.1) is 5.92 Å². The molecule has 2 rings (SSSR count). The maximum absolute atomic E-state index is 11.8. The van der Waals surface area contributed by atoms with Crippen LogP contribution in [0.3, 0.4) is 0 Å². The van der Waals surface area contributed by atoms with Gasteiger partial charge in [0.1, 0.15) is 6.10 Å². The van der Waals surface area contributed by atoms with Gasteiger partial charge in [-0.15, -0.1) is 0 Å². The SMILES string of the molecule is CC(C)CC(=O)[C@@H](O)Cc1cn(C)c2ccccc12. The highest BCUT2D eigenvalue weighted by Gasteiger charge is 2.18. The molecule has 3 heteroatoms. The molecule has 0 aliphatic heterocycles. The number of aromatic nitrogens is 1. The van der Waals surface area contributed by atoms with Gasteiger partial charge < -0.3 is 9.67 Å². The molecule has 19 heavy (non-hydrogen) atoms. The summed E-state index contributed by atoms with van der Waals surface area (Å²) in [5.41, 5.74) is 2.16. The van der Waals surface area contributed by atoms with E-state index in [4.69, 9.17) is 0 Å². The summed E-state index contributed by atoms with van der Waals surface area (Å²) in [5.74, 6) is 0.220. The number of hydrogen-bond acceptors (Lipinski definition) is 2. The Bertz CT molecular complexity index is 583. The normalized spacial score (nSPS) is 13.1. The smallest absolute Gasteiger partial charge is 0.161 e. The van der Waals surface area contributed by atoms with Crippen molar-refractivity contribution in [1.29, 1.82) is 0 Å². The van der Waals surface area contributed by atoms with Crippen LogP contribution < -0.4 is 0 Å². The topological polar surface area (TPSA) is 42.2 Å². The van der Waals surface area contributed by atoms with Gasteiger partial charge in [-0.25, -0.2) is 0 Å². The molecule has 0 bridgehead atoms. The second kappa shape index (κ2) is 5.57. The molecular weight excluding hydrogens is 238 g/mol. The summed E-state index contributed by atoms with van der Waals surface area (Å²) < 4.78 is 2.03. The molecule has 1 atom stereocenters. The maximum Gasteiger partial charge on any atom is 0.161 e. The second-order valence-electron chi connectivity index (χ2n) is 5.57. The fourth-order valence-corrected chi connectivity index (χ4v) is 2.45. The van der Waals surface area contributed by atoms with Crippen LogP contribution in [0.1, 0.15) is 25.8 Å². The molecule has 1 aromatic heterocycles. The van der Waals surface area contributed by atoms with E-state index >= 15 is 0 Å². The number of ketones is 1. The lowest BCUT2D eigenvalue weighted by Crippen LogP contribution is -2.24. The molecule has 3 nitrogen and oxygen atoms in total. The molecule has 0 unspecified atom stereocenters. The van der Waals surface area contributed by atoms with Crippen LogP contribution in [0.2, 0.25) is 0 Å². The summed E-state index contributed by atoms with van der Waals surface area (Å²) in [5, 5.41) is 11.1. The van der Waals surface area contributed by atoms with Crippen LogP contribution >= 0.6 is 0 Å². The number of carbonyl (C=O) groups is 1. The van der Waals surface area contributed by atoms with Crippen molar-refractivity contribution in [3.63, 3.8) is 0 Å². The number of rotatable bonds is 5. The third-order valence-electron chi connectivity index (χ3n) is 3.37. The molecule has 0 saturated heterocycles. The zero-order chi connectivity index (χ0) is 14.0. The lowest BCUT2D eigenvalue weighted by molar-refractivity contribution is -0.127. The Balaban J connectivity index is 2.19. The van der Waals surface area contributed by atoms with Crippen molar-refractivity contribution in [3.05, 3.63) is 36.0 Å². The van der Waals surface area contributed by atoms with Gasteiger partial charge in [0.2, 0.25) is 0 Å². The molecule has 0 fully saturated rings. The zero-order valence-corrected chi connectivity index (χ0v) is 11.8. The average molecular weight is 259 g/mol. The van der Waals surface area contributed by atoms with Crippen LogP contribution in [-0.4, -0.2) is 21.6 Å². The standard InChI is InChI=1S/C16H21NO2/c1-11(2)8-15(18)16(19)9-12-10-17(3)14-7-5-4-6-13(12)14/h4-7,10-11,16,19H,8-9H2,1-3H3/t16-/m0/s1. The van der Waals surface area contributed by atoms with Gasteiger partial charge >= 0.3 is 0 Å². The lowest BCUT2D eigenvalue weighted by Gasteiger charge is -2.10. The molecular formula is C16H21NO2. The Morgan fingerprint density at radius 3 is 2.68 bits per heavy atom. The molecule has 2 aromatic rings. The van der Waals surface area contributed by atoms with E-state index in [1.807, 2.05) is 55.9 Å². The highest BCUT2D eigenvalue weighted by molar-refractivity contribution is 5.87. The molecule has 0 saturated carbocycles. The summed E-state index contributed by atoms with van der Waals surface area (Å²) in [6.45, 7) is 3.98. The number of para-hydroxylation sites is 1. The molecule has 0 spiro atoms. The first-order valence-corrected chi connectivity index (χ1v) is 6.72. The fourth-order valence-electron chi connectivity index (χ4n) is 2.45.